The molecule has 0 unspecified atom stereocenters. The van der Waals surface area contributed by atoms with E-state index >= 15 is 0 Å². The first-order chi connectivity index (χ1) is 10.6. The van der Waals surface area contributed by atoms with Crippen LogP contribution in [0.2, 0.25) is 0 Å². The molecule has 1 atom stereocenters. The Labute approximate surface area is 173 Å². The predicted molar refractivity (Wildman–Crippen MR) is 111 cm³/mol. The highest BCUT2D eigenvalue weighted by molar-refractivity contribution is 9.13. The minimum Gasteiger partial charge on any atom is -0.503 e. The van der Waals surface area contributed by atoms with Crippen molar-refractivity contribution in [3.8, 4) is 11.5 Å². The van der Waals surface area contributed by atoms with Crippen molar-refractivity contribution in [3.05, 3.63) is 20.6 Å². The number of ether oxygens (including phenoxy) is 1. The molecule has 8 heteroatoms. The Morgan fingerprint density at radius 3 is 2.42 bits per heavy atom. The van der Waals surface area contributed by atoms with Crippen LogP contribution in [0, 0.1) is 0 Å². The zero-order valence-corrected chi connectivity index (χ0v) is 18.8. The molecule has 0 aliphatic carbocycles. The largest absolute Gasteiger partial charge is 0.503 e. The molecule has 1 heterocycles. The van der Waals surface area contributed by atoms with E-state index in [9.17, 15) is 5.11 Å². The molecular formula is C16H26Br2Cl2N2O2. The Kier molecular flexibility index (Phi) is 11.9. The second kappa shape index (κ2) is 11.8. The van der Waals surface area contributed by atoms with Crippen LogP contribution in [-0.2, 0) is 0 Å². The Morgan fingerprint density at radius 2 is 1.88 bits per heavy atom. The first kappa shape index (κ1) is 24.3. The fourth-order valence-electron chi connectivity index (χ4n) is 2.94. The monoisotopic (exact) mass is 506 g/mol. The van der Waals surface area contributed by atoms with E-state index in [1.807, 2.05) is 6.07 Å². The van der Waals surface area contributed by atoms with Crippen molar-refractivity contribution >= 4 is 56.7 Å². The zero-order valence-electron chi connectivity index (χ0n) is 14.0. The first-order valence-corrected chi connectivity index (χ1v) is 9.38. The molecule has 0 radical (unpaired) electrons. The Balaban J connectivity index is 0.00000264. The third-order valence-electron chi connectivity index (χ3n) is 4.18. The number of benzene rings is 1. The number of nitrogens with zero attached hydrogens (tertiary/aromatic N) is 1. The molecule has 1 fully saturated rings. The van der Waals surface area contributed by atoms with E-state index in [2.05, 4.69) is 49.0 Å². The van der Waals surface area contributed by atoms with E-state index < -0.39 is 0 Å². The zero-order chi connectivity index (χ0) is 16.1. The average Bonchev–Trinajstić information content (AvgIpc) is 2.55. The molecule has 0 spiro atoms. The number of methoxy groups -OCH3 is 1. The number of piperazine rings is 1. The summed E-state index contributed by atoms with van der Waals surface area (Å²) in [6.07, 6.45) is 3.47. The molecule has 24 heavy (non-hydrogen) atoms. The average molecular weight is 509 g/mol. The first-order valence-electron chi connectivity index (χ1n) is 7.79. The Morgan fingerprint density at radius 1 is 1.25 bits per heavy atom. The van der Waals surface area contributed by atoms with Crippen molar-refractivity contribution in [1.82, 2.24) is 10.2 Å². The lowest BCUT2D eigenvalue weighted by Gasteiger charge is -2.36. The summed E-state index contributed by atoms with van der Waals surface area (Å²) in [7, 11) is 1.59. The summed E-state index contributed by atoms with van der Waals surface area (Å²) >= 11 is 7.12. The Bertz CT molecular complexity index is 515. The van der Waals surface area contributed by atoms with Crippen LogP contribution in [0.15, 0.2) is 15.0 Å². The van der Waals surface area contributed by atoms with Crippen LogP contribution in [-0.4, -0.2) is 43.3 Å². The van der Waals surface area contributed by atoms with Gasteiger partial charge in [-0.05, 0) is 49.9 Å². The summed E-state index contributed by atoms with van der Waals surface area (Å²) in [5.74, 6) is 0.661. The van der Waals surface area contributed by atoms with Crippen molar-refractivity contribution in [3.63, 3.8) is 0 Å². The maximum Gasteiger partial charge on any atom is 0.173 e. The molecular weight excluding hydrogens is 483 g/mol. The van der Waals surface area contributed by atoms with Crippen LogP contribution >= 0.6 is 56.7 Å². The lowest BCUT2D eigenvalue weighted by molar-refractivity contribution is 0.162. The van der Waals surface area contributed by atoms with Crippen molar-refractivity contribution in [2.75, 3.05) is 33.3 Å². The molecule has 0 amide bonds. The van der Waals surface area contributed by atoms with Crippen LogP contribution in [0.3, 0.4) is 0 Å². The molecule has 1 aromatic rings. The normalized spacial score (nSPS) is 16.0. The summed E-state index contributed by atoms with van der Waals surface area (Å²) in [4.78, 5) is 2.52. The number of unbranched alkanes of at least 4 members (excludes halogenated alkanes) is 1. The van der Waals surface area contributed by atoms with Gasteiger partial charge in [0.1, 0.15) is 0 Å². The van der Waals surface area contributed by atoms with Gasteiger partial charge in [-0.1, -0.05) is 19.8 Å². The standard InChI is InChI=1S/C16H24Br2N2O2.2ClH/c1-3-4-5-12(20-8-6-19-7-9-20)11-10-13(22-2)16(21)15(18)14(11)17;;/h10,12,19,21H,3-9H2,1-2H3;2*1H/t12-;;/m1../s1. The number of aromatic hydroxyl groups is 1. The summed E-state index contributed by atoms with van der Waals surface area (Å²) < 4.78 is 6.92. The van der Waals surface area contributed by atoms with E-state index in [-0.39, 0.29) is 30.6 Å². The summed E-state index contributed by atoms with van der Waals surface area (Å²) in [6.45, 7) is 6.35. The van der Waals surface area contributed by atoms with Crippen molar-refractivity contribution in [1.29, 1.82) is 0 Å². The summed E-state index contributed by atoms with van der Waals surface area (Å²) in [5, 5.41) is 13.6. The number of hydrogen-bond acceptors (Lipinski definition) is 4. The number of hydrogen-bond donors (Lipinski definition) is 2. The fourth-order valence-corrected chi connectivity index (χ4v) is 3.93. The smallest absolute Gasteiger partial charge is 0.173 e. The fraction of sp³-hybridized carbons (Fsp3) is 0.625. The molecule has 1 saturated heterocycles. The van der Waals surface area contributed by atoms with E-state index in [0.29, 0.717) is 16.3 Å². The summed E-state index contributed by atoms with van der Waals surface area (Å²) in [5.41, 5.74) is 1.18. The number of nitrogens with one attached hydrogen (secondary N) is 1. The number of halogens is 4. The van der Waals surface area contributed by atoms with Gasteiger partial charge in [-0.25, -0.2) is 0 Å². The van der Waals surface area contributed by atoms with Crippen LogP contribution in [0.1, 0.15) is 37.8 Å². The van der Waals surface area contributed by atoms with Gasteiger partial charge in [0.15, 0.2) is 11.5 Å². The van der Waals surface area contributed by atoms with Gasteiger partial charge < -0.3 is 15.2 Å². The molecule has 140 valence electrons. The van der Waals surface area contributed by atoms with Gasteiger partial charge in [0.05, 0.1) is 11.6 Å². The van der Waals surface area contributed by atoms with E-state index in [1.165, 1.54) is 18.4 Å². The van der Waals surface area contributed by atoms with Crippen molar-refractivity contribution in [2.24, 2.45) is 0 Å². The van der Waals surface area contributed by atoms with E-state index in [0.717, 1.165) is 37.1 Å². The van der Waals surface area contributed by atoms with Gasteiger partial charge >= 0.3 is 0 Å². The number of phenols is 1. The SMILES string of the molecule is CCCC[C@H](c1cc(OC)c(O)c(Br)c1Br)N1CCNCC1.Cl.Cl. The van der Waals surface area contributed by atoms with Gasteiger partial charge in [-0.2, -0.15) is 0 Å². The lowest BCUT2D eigenvalue weighted by atomic mass is 9.98. The van der Waals surface area contributed by atoms with Crippen LogP contribution in [0.25, 0.3) is 0 Å². The van der Waals surface area contributed by atoms with E-state index in [1.54, 1.807) is 7.11 Å². The molecule has 2 N–H and O–H groups in total. The molecule has 1 aliphatic rings. The molecule has 1 aromatic carbocycles. The number of phenolic OH excluding ortho intramolecular Hbond substituents is 1. The molecule has 0 saturated carbocycles. The van der Waals surface area contributed by atoms with Gasteiger partial charge in [-0.15, -0.1) is 24.8 Å². The second-order valence-electron chi connectivity index (χ2n) is 5.59. The van der Waals surface area contributed by atoms with Crippen molar-refractivity contribution < 1.29 is 9.84 Å². The van der Waals surface area contributed by atoms with E-state index in [4.69, 9.17) is 4.74 Å². The third-order valence-corrected chi connectivity index (χ3v) is 6.33. The van der Waals surface area contributed by atoms with Gasteiger partial charge in [-0.3, -0.25) is 4.90 Å². The minimum atomic E-state index is 0. The van der Waals surface area contributed by atoms with Crippen LogP contribution in [0.4, 0.5) is 0 Å². The molecule has 2 rings (SSSR count). The predicted octanol–water partition coefficient (Wildman–Crippen LogP) is 4.91. The van der Waals surface area contributed by atoms with Crippen LogP contribution in [0.5, 0.6) is 11.5 Å². The Hall–Kier alpha value is 0.280. The van der Waals surface area contributed by atoms with Crippen LogP contribution < -0.4 is 10.1 Å². The molecule has 0 aromatic heterocycles. The molecule has 0 bridgehead atoms. The van der Waals surface area contributed by atoms with Gasteiger partial charge in [0, 0.05) is 36.7 Å². The van der Waals surface area contributed by atoms with Gasteiger partial charge in [0.2, 0.25) is 0 Å². The topological polar surface area (TPSA) is 44.7 Å². The third kappa shape index (κ3) is 5.64. The lowest BCUT2D eigenvalue weighted by Crippen LogP contribution is -2.45. The van der Waals surface area contributed by atoms with Crippen molar-refractivity contribution in [2.45, 2.75) is 32.2 Å². The summed E-state index contributed by atoms with van der Waals surface area (Å²) in [6, 6.07) is 2.30. The quantitative estimate of drug-likeness (QED) is 0.573. The maximum atomic E-state index is 10.1. The maximum absolute atomic E-state index is 10.1. The highest BCUT2D eigenvalue weighted by Gasteiger charge is 2.26. The molecule has 4 nitrogen and oxygen atoms in total. The highest BCUT2D eigenvalue weighted by atomic mass is 79.9. The second-order valence-corrected chi connectivity index (χ2v) is 7.17. The molecule has 1 aliphatic heterocycles. The minimum absolute atomic E-state index is 0. The van der Waals surface area contributed by atoms with Gasteiger partial charge in [0.25, 0.3) is 0 Å². The highest BCUT2D eigenvalue weighted by Crippen LogP contribution is 2.45. The number of rotatable bonds is 6.